The Kier molecular flexibility index (Phi) is 11.3. The number of unbranched alkanes of at least 4 members (excludes halogenated alkanes) is 5. The molecule has 0 fully saturated rings. The van der Waals surface area contributed by atoms with E-state index in [1.165, 1.54) is 7.11 Å². The van der Waals surface area contributed by atoms with Gasteiger partial charge in [-0.25, -0.2) is 0 Å². The van der Waals surface area contributed by atoms with Crippen molar-refractivity contribution in [2.24, 2.45) is 0 Å². The molecule has 16 heavy (non-hydrogen) atoms. The van der Waals surface area contributed by atoms with Crippen molar-refractivity contribution in [1.82, 2.24) is 0 Å². The topological polar surface area (TPSA) is 46.5 Å². The minimum atomic E-state index is -0.116. The van der Waals surface area contributed by atoms with Crippen LogP contribution in [0.25, 0.3) is 0 Å². The number of carbonyl (C=O) groups excluding carboxylic acids is 1. The van der Waals surface area contributed by atoms with Crippen LogP contribution in [0.2, 0.25) is 0 Å². The van der Waals surface area contributed by atoms with Gasteiger partial charge in [0.2, 0.25) is 0 Å². The van der Waals surface area contributed by atoms with E-state index in [0.717, 1.165) is 38.5 Å². The Morgan fingerprint density at radius 1 is 1.06 bits per heavy atom. The van der Waals surface area contributed by atoms with Gasteiger partial charge >= 0.3 is 5.97 Å². The maximum atomic E-state index is 10.8. The van der Waals surface area contributed by atoms with Gasteiger partial charge in [0.1, 0.15) is 0 Å². The molecule has 0 aliphatic carbocycles. The third kappa shape index (κ3) is 11.1. The number of methoxy groups -OCH3 is 1. The molecule has 92 valence electrons. The molecule has 0 aliphatic rings. The smallest absolute Gasteiger partial charge is 0.305 e. The van der Waals surface area contributed by atoms with Crippen molar-refractivity contribution in [3.05, 3.63) is 0 Å². The summed E-state index contributed by atoms with van der Waals surface area (Å²) in [5.74, 6) is 5.80. The Morgan fingerprint density at radius 3 is 2.38 bits per heavy atom. The van der Waals surface area contributed by atoms with Crippen LogP contribution >= 0.6 is 0 Å². The Bertz CT molecular complexity index is 225. The van der Waals surface area contributed by atoms with Gasteiger partial charge in [-0.2, -0.15) is 0 Å². The van der Waals surface area contributed by atoms with Crippen molar-refractivity contribution in [3.63, 3.8) is 0 Å². The van der Waals surface area contributed by atoms with Crippen molar-refractivity contribution in [1.29, 1.82) is 0 Å². The van der Waals surface area contributed by atoms with Crippen LogP contribution in [0.5, 0.6) is 0 Å². The average molecular weight is 226 g/mol. The molecule has 0 atom stereocenters. The van der Waals surface area contributed by atoms with Crippen LogP contribution in [0.1, 0.15) is 51.4 Å². The summed E-state index contributed by atoms with van der Waals surface area (Å²) in [6.45, 7) is 0.153. The first-order valence-corrected chi connectivity index (χ1v) is 5.94. The molecule has 0 rings (SSSR count). The van der Waals surface area contributed by atoms with Crippen molar-refractivity contribution < 1.29 is 14.6 Å². The molecule has 0 aromatic rings. The van der Waals surface area contributed by atoms with E-state index in [2.05, 4.69) is 16.6 Å². The Labute approximate surface area is 98.2 Å². The maximum Gasteiger partial charge on any atom is 0.305 e. The highest BCUT2D eigenvalue weighted by atomic mass is 16.5. The molecular weight excluding hydrogens is 204 g/mol. The molecule has 0 heterocycles. The molecule has 0 bridgehead atoms. The minimum absolute atomic E-state index is 0.116. The van der Waals surface area contributed by atoms with Crippen LogP contribution in [-0.2, 0) is 9.53 Å². The molecule has 0 unspecified atom stereocenters. The monoisotopic (exact) mass is 226 g/mol. The zero-order valence-corrected chi connectivity index (χ0v) is 10.1. The summed E-state index contributed by atoms with van der Waals surface area (Å²) in [6.07, 6.45) is 7.45. The Hall–Kier alpha value is -1.01. The Balaban J connectivity index is 3.10. The van der Waals surface area contributed by atoms with E-state index in [1.807, 2.05) is 0 Å². The van der Waals surface area contributed by atoms with E-state index >= 15 is 0 Å². The van der Waals surface area contributed by atoms with E-state index in [9.17, 15) is 4.79 Å². The minimum Gasteiger partial charge on any atom is -0.469 e. The number of aliphatic hydroxyl groups excluding tert-OH is 1. The quantitative estimate of drug-likeness (QED) is 0.392. The number of carbonyl (C=O) groups is 1. The third-order valence-corrected chi connectivity index (χ3v) is 2.27. The SMILES string of the molecule is COC(=O)CCCCCCCC#CCCO. The molecule has 1 N–H and O–H groups in total. The van der Waals surface area contributed by atoms with Gasteiger partial charge in [0.25, 0.3) is 0 Å². The third-order valence-electron chi connectivity index (χ3n) is 2.27. The van der Waals surface area contributed by atoms with Crippen LogP contribution in [0.15, 0.2) is 0 Å². The molecule has 0 aromatic heterocycles. The van der Waals surface area contributed by atoms with Crippen molar-refractivity contribution >= 4 is 5.97 Å². The average Bonchev–Trinajstić information content (AvgIpc) is 2.31. The van der Waals surface area contributed by atoms with E-state index in [1.54, 1.807) is 0 Å². The van der Waals surface area contributed by atoms with Gasteiger partial charge in [0.15, 0.2) is 0 Å². The predicted molar refractivity (Wildman–Crippen MR) is 63.8 cm³/mol. The van der Waals surface area contributed by atoms with Crippen molar-refractivity contribution in [2.75, 3.05) is 13.7 Å². The first-order chi connectivity index (χ1) is 7.81. The number of esters is 1. The van der Waals surface area contributed by atoms with Crippen molar-refractivity contribution in [2.45, 2.75) is 51.4 Å². The van der Waals surface area contributed by atoms with Crippen LogP contribution < -0.4 is 0 Å². The summed E-state index contributed by atoms with van der Waals surface area (Å²) in [4.78, 5) is 10.8. The molecule has 0 aromatic carbocycles. The Morgan fingerprint density at radius 2 is 1.69 bits per heavy atom. The second-order valence-electron chi connectivity index (χ2n) is 3.67. The zero-order valence-electron chi connectivity index (χ0n) is 10.1. The summed E-state index contributed by atoms with van der Waals surface area (Å²) in [5, 5.41) is 8.49. The second kappa shape index (κ2) is 12.1. The maximum absolute atomic E-state index is 10.8. The van der Waals surface area contributed by atoms with E-state index in [0.29, 0.717) is 12.8 Å². The van der Waals surface area contributed by atoms with Gasteiger partial charge in [0.05, 0.1) is 13.7 Å². The molecule has 0 radical (unpaired) electrons. The lowest BCUT2D eigenvalue weighted by molar-refractivity contribution is -0.140. The lowest BCUT2D eigenvalue weighted by Crippen LogP contribution is -1.99. The molecule has 0 saturated carbocycles. The van der Waals surface area contributed by atoms with Crippen LogP contribution in [0, 0.1) is 11.8 Å². The molecule has 0 saturated heterocycles. The van der Waals surface area contributed by atoms with Gasteiger partial charge < -0.3 is 9.84 Å². The van der Waals surface area contributed by atoms with Crippen molar-refractivity contribution in [3.8, 4) is 11.8 Å². The fourth-order valence-electron chi connectivity index (χ4n) is 1.35. The lowest BCUT2D eigenvalue weighted by atomic mass is 10.1. The first kappa shape index (κ1) is 15.0. The summed E-state index contributed by atoms with van der Waals surface area (Å²) < 4.78 is 4.56. The fraction of sp³-hybridized carbons (Fsp3) is 0.769. The standard InChI is InChI=1S/C13H22O3/c1-16-13(15)11-9-7-5-3-2-4-6-8-10-12-14/h14H,2-5,7,9-12H2,1H3. The summed E-state index contributed by atoms with van der Waals surface area (Å²) in [7, 11) is 1.42. The molecule has 0 spiro atoms. The van der Waals surface area contributed by atoms with Crippen LogP contribution in [0.4, 0.5) is 0 Å². The largest absolute Gasteiger partial charge is 0.469 e. The van der Waals surface area contributed by atoms with Crippen LogP contribution in [0.3, 0.4) is 0 Å². The first-order valence-electron chi connectivity index (χ1n) is 5.94. The molecular formula is C13H22O3. The predicted octanol–water partition coefficient (Wildman–Crippen LogP) is 2.28. The van der Waals surface area contributed by atoms with E-state index < -0.39 is 0 Å². The summed E-state index contributed by atoms with van der Waals surface area (Å²) in [6, 6.07) is 0. The number of hydrogen-bond donors (Lipinski definition) is 1. The number of hydrogen-bond acceptors (Lipinski definition) is 3. The number of ether oxygens (including phenoxy) is 1. The van der Waals surface area contributed by atoms with Gasteiger partial charge in [0, 0.05) is 19.3 Å². The molecule has 0 aliphatic heterocycles. The highest BCUT2D eigenvalue weighted by molar-refractivity contribution is 5.68. The summed E-state index contributed by atoms with van der Waals surface area (Å²) in [5.41, 5.74) is 0. The van der Waals surface area contributed by atoms with Gasteiger partial charge in [-0.15, -0.1) is 11.8 Å². The molecule has 3 heteroatoms. The van der Waals surface area contributed by atoms with E-state index in [-0.39, 0.29) is 12.6 Å². The van der Waals surface area contributed by atoms with Gasteiger partial charge in [-0.1, -0.05) is 19.3 Å². The highest BCUT2D eigenvalue weighted by Crippen LogP contribution is 2.07. The van der Waals surface area contributed by atoms with Gasteiger partial charge in [-0.3, -0.25) is 4.79 Å². The number of rotatable bonds is 8. The van der Waals surface area contributed by atoms with E-state index in [4.69, 9.17) is 5.11 Å². The molecule has 3 nitrogen and oxygen atoms in total. The molecule has 0 amide bonds. The zero-order chi connectivity index (χ0) is 12.1. The lowest BCUT2D eigenvalue weighted by Gasteiger charge is -1.99. The number of aliphatic hydroxyl groups is 1. The summed E-state index contributed by atoms with van der Waals surface area (Å²) >= 11 is 0. The van der Waals surface area contributed by atoms with Gasteiger partial charge in [-0.05, 0) is 12.8 Å². The van der Waals surface area contributed by atoms with Crippen LogP contribution in [-0.4, -0.2) is 24.8 Å². The fourth-order valence-corrected chi connectivity index (χ4v) is 1.35. The normalized spacial score (nSPS) is 9.38. The highest BCUT2D eigenvalue weighted by Gasteiger charge is 1.98. The second-order valence-corrected chi connectivity index (χ2v) is 3.67.